The molecule has 2 bridgehead atoms. The van der Waals surface area contributed by atoms with Crippen LogP contribution in [0.2, 0.25) is 0 Å². The zero-order valence-corrected chi connectivity index (χ0v) is 12.2. The Labute approximate surface area is 124 Å². The van der Waals surface area contributed by atoms with Crippen LogP contribution in [0.5, 0.6) is 0 Å². The predicted octanol–water partition coefficient (Wildman–Crippen LogP) is 1.66. The van der Waals surface area contributed by atoms with E-state index >= 15 is 0 Å². The van der Waals surface area contributed by atoms with Crippen molar-refractivity contribution in [1.29, 1.82) is 0 Å². The second kappa shape index (κ2) is 4.91. The van der Waals surface area contributed by atoms with Gasteiger partial charge in [0, 0.05) is 24.7 Å². The van der Waals surface area contributed by atoms with Crippen molar-refractivity contribution in [2.24, 2.45) is 5.92 Å². The normalized spacial score (nSPS) is 30.7. The van der Waals surface area contributed by atoms with Crippen LogP contribution < -0.4 is 16.4 Å². The maximum absolute atomic E-state index is 11.5. The van der Waals surface area contributed by atoms with Gasteiger partial charge in [-0.3, -0.25) is 4.79 Å². The zero-order chi connectivity index (χ0) is 14.4. The van der Waals surface area contributed by atoms with E-state index in [1.807, 2.05) is 6.07 Å². The van der Waals surface area contributed by atoms with Gasteiger partial charge in [0.25, 0.3) is 0 Å². The monoisotopic (exact) mass is 286 g/mol. The van der Waals surface area contributed by atoms with E-state index in [2.05, 4.69) is 21.6 Å². The molecule has 4 N–H and O–H groups in total. The molecule has 1 unspecified atom stereocenters. The molecule has 1 amide bonds. The number of anilines is 3. The number of nitrogen functional groups attached to an aromatic ring is 1. The first-order chi connectivity index (χ1) is 10.2. The number of hydrogen-bond acceptors (Lipinski definition) is 4. The summed E-state index contributed by atoms with van der Waals surface area (Å²) in [5.74, 6) is 0.852. The van der Waals surface area contributed by atoms with Crippen LogP contribution in [-0.2, 0) is 11.2 Å². The van der Waals surface area contributed by atoms with Crippen molar-refractivity contribution in [2.45, 2.75) is 31.7 Å². The molecule has 4 aliphatic heterocycles. The summed E-state index contributed by atoms with van der Waals surface area (Å²) < 4.78 is 0. The highest BCUT2D eigenvalue weighted by molar-refractivity contribution is 5.95. The number of carbonyl (C=O) groups excluding carboxylic acids is 1. The molecule has 1 atom stereocenters. The molecule has 3 fully saturated rings. The SMILES string of the molecule is Nc1cc2c(cc1NC1CN3CCC1CC3)CCC(=O)N2. The lowest BCUT2D eigenvalue weighted by molar-refractivity contribution is -0.116. The highest BCUT2D eigenvalue weighted by Gasteiger charge is 2.34. The molecule has 112 valence electrons. The van der Waals surface area contributed by atoms with Crippen LogP contribution in [-0.4, -0.2) is 36.5 Å². The topological polar surface area (TPSA) is 70.4 Å². The molecular weight excluding hydrogens is 264 g/mol. The molecule has 1 aromatic carbocycles. The third-order valence-electron chi connectivity index (χ3n) is 5.17. The lowest BCUT2D eigenvalue weighted by Crippen LogP contribution is -2.53. The van der Waals surface area contributed by atoms with Gasteiger partial charge in [0.1, 0.15) is 0 Å². The second-order valence-corrected chi connectivity index (χ2v) is 6.53. The van der Waals surface area contributed by atoms with Crippen LogP contribution in [0.3, 0.4) is 0 Å². The number of nitrogens with one attached hydrogen (secondary N) is 2. The highest BCUT2D eigenvalue weighted by Crippen LogP contribution is 2.34. The molecule has 0 saturated carbocycles. The van der Waals surface area contributed by atoms with Gasteiger partial charge in [-0.05, 0) is 56.0 Å². The number of carbonyl (C=O) groups is 1. The molecule has 0 aromatic heterocycles. The number of fused-ring (bicyclic) bond motifs is 4. The lowest BCUT2D eigenvalue weighted by Gasteiger charge is -2.45. The van der Waals surface area contributed by atoms with Crippen molar-refractivity contribution in [3.63, 3.8) is 0 Å². The summed E-state index contributed by atoms with van der Waals surface area (Å²) in [6.07, 6.45) is 3.95. The summed E-state index contributed by atoms with van der Waals surface area (Å²) in [4.78, 5) is 14.0. The van der Waals surface area contributed by atoms with E-state index < -0.39 is 0 Å². The minimum atomic E-state index is 0.0833. The fraction of sp³-hybridized carbons (Fsp3) is 0.562. The number of benzene rings is 1. The van der Waals surface area contributed by atoms with Crippen LogP contribution in [0.15, 0.2) is 12.1 Å². The zero-order valence-electron chi connectivity index (χ0n) is 12.2. The largest absolute Gasteiger partial charge is 0.397 e. The van der Waals surface area contributed by atoms with Crippen molar-refractivity contribution in [2.75, 3.05) is 36.0 Å². The summed E-state index contributed by atoms with van der Waals surface area (Å²) in [5, 5.41) is 6.57. The Hall–Kier alpha value is -1.75. The molecule has 4 aliphatic rings. The first-order valence-corrected chi connectivity index (χ1v) is 7.90. The van der Waals surface area contributed by atoms with Gasteiger partial charge in [-0.25, -0.2) is 0 Å². The Balaban J connectivity index is 1.56. The van der Waals surface area contributed by atoms with Crippen LogP contribution in [0.25, 0.3) is 0 Å². The summed E-state index contributed by atoms with van der Waals surface area (Å²) in [7, 11) is 0. The van der Waals surface area contributed by atoms with Gasteiger partial charge >= 0.3 is 0 Å². The average molecular weight is 286 g/mol. The quantitative estimate of drug-likeness (QED) is 0.723. The summed E-state index contributed by atoms with van der Waals surface area (Å²) in [6.45, 7) is 3.61. The van der Waals surface area contributed by atoms with E-state index in [4.69, 9.17) is 5.73 Å². The van der Waals surface area contributed by atoms with Crippen molar-refractivity contribution in [3.8, 4) is 0 Å². The molecule has 0 aliphatic carbocycles. The van der Waals surface area contributed by atoms with Crippen LogP contribution in [0, 0.1) is 5.92 Å². The van der Waals surface area contributed by atoms with Crippen molar-refractivity contribution in [3.05, 3.63) is 17.7 Å². The average Bonchev–Trinajstić information content (AvgIpc) is 2.49. The number of piperidine rings is 3. The van der Waals surface area contributed by atoms with E-state index in [1.165, 1.54) is 31.5 Å². The Morgan fingerprint density at radius 3 is 2.76 bits per heavy atom. The first-order valence-electron chi connectivity index (χ1n) is 7.90. The Morgan fingerprint density at radius 2 is 2.05 bits per heavy atom. The van der Waals surface area contributed by atoms with Gasteiger partial charge in [-0.15, -0.1) is 0 Å². The van der Waals surface area contributed by atoms with Gasteiger partial charge in [0.05, 0.1) is 11.4 Å². The number of nitrogens with two attached hydrogens (primary N) is 1. The van der Waals surface area contributed by atoms with E-state index in [0.717, 1.165) is 35.9 Å². The van der Waals surface area contributed by atoms with Crippen molar-refractivity contribution >= 4 is 23.0 Å². The summed E-state index contributed by atoms with van der Waals surface area (Å²) in [6, 6.07) is 4.53. The number of hydrogen-bond donors (Lipinski definition) is 3. The third kappa shape index (κ3) is 2.35. The molecule has 0 radical (unpaired) electrons. The maximum Gasteiger partial charge on any atom is 0.224 e. The van der Waals surface area contributed by atoms with Crippen LogP contribution in [0.4, 0.5) is 17.1 Å². The number of aryl methyl sites for hydroxylation is 1. The number of amides is 1. The fourth-order valence-corrected chi connectivity index (χ4v) is 3.90. The van der Waals surface area contributed by atoms with Crippen molar-refractivity contribution < 1.29 is 4.79 Å². The van der Waals surface area contributed by atoms with E-state index in [9.17, 15) is 4.79 Å². The number of nitrogens with zero attached hydrogens (tertiary/aromatic N) is 1. The maximum atomic E-state index is 11.5. The molecule has 4 heterocycles. The van der Waals surface area contributed by atoms with Gasteiger partial charge in [0.15, 0.2) is 0 Å². The Bertz CT molecular complexity index is 578. The fourth-order valence-electron chi connectivity index (χ4n) is 3.90. The summed E-state index contributed by atoms with van der Waals surface area (Å²) >= 11 is 0. The smallest absolute Gasteiger partial charge is 0.224 e. The second-order valence-electron chi connectivity index (χ2n) is 6.53. The molecular formula is C16H22N4O. The Morgan fingerprint density at radius 1 is 1.24 bits per heavy atom. The minimum absolute atomic E-state index is 0.0833. The highest BCUT2D eigenvalue weighted by atomic mass is 16.1. The van der Waals surface area contributed by atoms with Crippen molar-refractivity contribution in [1.82, 2.24) is 4.90 Å². The van der Waals surface area contributed by atoms with Gasteiger partial charge in [-0.2, -0.15) is 0 Å². The summed E-state index contributed by atoms with van der Waals surface area (Å²) in [5.41, 5.74) is 10.0. The molecule has 5 nitrogen and oxygen atoms in total. The van der Waals surface area contributed by atoms with Crippen LogP contribution in [0.1, 0.15) is 24.8 Å². The molecule has 5 heteroatoms. The van der Waals surface area contributed by atoms with Gasteiger partial charge < -0.3 is 21.3 Å². The van der Waals surface area contributed by atoms with Gasteiger partial charge in [-0.1, -0.05) is 0 Å². The molecule has 1 aromatic rings. The Kier molecular flexibility index (Phi) is 3.03. The van der Waals surface area contributed by atoms with Crippen LogP contribution >= 0.6 is 0 Å². The van der Waals surface area contributed by atoms with E-state index in [-0.39, 0.29) is 5.91 Å². The molecule has 5 rings (SSSR count). The molecule has 0 spiro atoms. The minimum Gasteiger partial charge on any atom is -0.397 e. The van der Waals surface area contributed by atoms with E-state index in [0.29, 0.717) is 12.5 Å². The van der Waals surface area contributed by atoms with E-state index in [1.54, 1.807) is 0 Å². The molecule has 21 heavy (non-hydrogen) atoms. The predicted molar refractivity (Wildman–Crippen MR) is 84.4 cm³/mol. The third-order valence-corrected chi connectivity index (χ3v) is 5.17. The molecule has 3 saturated heterocycles. The standard InChI is InChI=1S/C16H22N4O/c17-12-8-13-11(1-2-16(21)19-13)7-14(12)18-15-9-20-5-3-10(15)4-6-20/h7-8,10,15,18H,1-6,9,17H2,(H,19,21). The first kappa shape index (κ1) is 13.0. The number of rotatable bonds is 2. The lowest BCUT2D eigenvalue weighted by atomic mass is 9.84. The van der Waals surface area contributed by atoms with Gasteiger partial charge in [0.2, 0.25) is 5.91 Å².